The number of aliphatic hydroxyl groups is 1. The molecule has 4 heteroatoms. The van der Waals surface area contributed by atoms with Crippen LogP contribution in [0.4, 0.5) is 0 Å². The number of aliphatic hydroxyl groups excluding tert-OH is 1. The molecule has 0 aliphatic carbocycles. The molecule has 26 heavy (non-hydrogen) atoms. The van der Waals surface area contributed by atoms with Crippen molar-refractivity contribution in [3.8, 4) is 0 Å². The minimum Gasteiger partial charge on any atom is -0.460 e. The highest BCUT2D eigenvalue weighted by atomic mass is 16.7. The Hall–Kier alpha value is -1.88. The van der Waals surface area contributed by atoms with Crippen molar-refractivity contribution in [2.45, 2.75) is 57.7 Å². The number of hydrogen-bond acceptors (Lipinski definition) is 4. The second kappa shape index (κ2) is 7.03. The lowest BCUT2D eigenvalue weighted by Crippen LogP contribution is -2.43. The third-order valence-corrected chi connectivity index (χ3v) is 4.54. The van der Waals surface area contributed by atoms with Gasteiger partial charge in [0, 0.05) is 19.1 Å². The second-order valence-corrected chi connectivity index (χ2v) is 7.84. The average molecular weight is 356 g/mol. The largest absolute Gasteiger partial charge is 0.460 e. The lowest BCUT2D eigenvalue weighted by atomic mass is 9.93. The normalized spacial score (nSPS) is 24.8. The van der Waals surface area contributed by atoms with Crippen molar-refractivity contribution in [3.05, 3.63) is 59.9 Å². The van der Waals surface area contributed by atoms with E-state index < -0.39 is 11.9 Å². The van der Waals surface area contributed by atoms with Crippen molar-refractivity contribution in [1.82, 2.24) is 0 Å². The van der Waals surface area contributed by atoms with Crippen LogP contribution in [0.5, 0.6) is 0 Å². The lowest BCUT2D eigenvalue weighted by molar-refractivity contribution is -0.246. The Morgan fingerprint density at radius 2 is 1.85 bits per heavy atom. The minimum absolute atomic E-state index is 0.222. The second-order valence-electron chi connectivity index (χ2n) is 7.84. The maximum atomic E-state index is 10.1. The topological polar surface area (TPSA) is 47.9 Å². The quantitative estimate of drug-likeness (QED) is 0.876. The van der Waals surface area contributed by atoms with Gasteiger partial charge < -0.3 is 19.3 Å². The Balaban J connectivity index is 2.04. The van der Waals surface area contributed by atoms with Crippen LogP contribution in [0.1, 0.15) is 39.7 Å². The predicted octanol–water partition coefficient (Wildman–Crippen LogP) is 4.51. The molecule has 1 aliphatic rings. The molecule has 0 radical (unpaired) electrons. The summed E-state index contributed by atoms with van der Waals surface area (Å²) in [5.41, 5.74) is 0.595. The molecule has 2 aromatic rings. The van der Waals surface area contributed by atoms with E-state index in [9.17, 15) is 5.11 Å². The Morgan fingerprint density at radius 3 is 2.46 bits per heavy atom. The van der Waals surface area contributed by atoms with Gasteiger partial charge in [-0.1, -0.05) is 36.4 Å². The van der Waals surface area contributed by atoms with Crippen molar-refractivity contribution >= 4 is 10.8 Å². The minimum atomic E-state index is -0.999. The monoisotopic (exact) mass is 356 g/mol. The molecule has 1 heterocycles. The van der Waals surface area contributed by atoms with E-state index in [2.05, 4.69) is 24.3 Å². The highest BCUT2D eigenvalue weighted by Crippen LogP contribution is 2.41. The van der Waals surface area contributed by atoms with Crippen molar-refractivity contribution < 1.29 is 19.3 Å². The van der Waals surface area contributed by atoms with Gasteiger partial charge in [0.05, 0.1) is 11.7 Å². The van der Waals surface area contributed by atoms with Crippen molar-refractivity contribution in [3.63, 3.8) is 0 Å². The number of hydrogen-bond donors (Lipinski definition) is 1. The predicted molar refractivity (Wildman–Crippen MR) is 103 cm³/mol. The van der Waals surface area contributed by atoms with Crippen molar-refractivity contribution in [1.29, 1.82) is 0 Å². The summed E-state index contributed by atoms with van der Waals surface area (Å²) in [6, 6.07) is 14.3. The zero-order valence-corrected chi connectivity index (χ0v) is 16.2. The van der Waals surface area contributed by atoms with Gasteiger partial charge in [-0.2, -0.15) is 0 Å². The summed E-state index contributed by atoms with van der Waals surface area (Å²) in [5.74, 6) is -0.526. The molecule has 1 unspecified atom stereocenters. The molecular weight excluding hydrogens is 328 g/mol. The summed E-state index contributed by atoms with van der Waals surface area (Å²) in [5, 5.41) is 12.4. The van der Waals surface area contributed by atoms with E-state index in [1.54, 1.807) is 14.0 Å². The lowest BCUT2D eigenvalue weighted by Gasteiger charge is -2.42. The first-order valence-corrected chi connectivity index (χ1v) is 9.03. The Bertz CT molecular complexity index is 803. The van der Waals surface area contributed by atoms with E-state index in [0.717, 1.165) is 16.3 Å². The molecule has 1 N–H and O–H groups in total. The van der Waals surface area contributed by atoms with Gasteiger partial charge in [0.25, 0.3) is 0 Å². The molecule has 0 fully saturated rings. The third kappa shape index (κ3) is 3.93. The average Bonchev–Trinajstić information content (AvgIpc) is 2.59. The zero-order chi connectivity index (χ0) is 18.9. The van der Waals surface area contributed by atoms with Gasteiger partial charge in [0.1, 0.15) is 11.9 Å². The van der Waals surface area contributed by atoms with E-state index in [1.165, 1.54) is 0 Å². The Kier molecular flexibility index (Phi) is 5.11. The van der Waals surface area contributed by atoms with E-state index in [0.29, 0.717) is 12.2 Å². The molecule has 0 spiro atoms. The summed E-state index contributed by atoms with van der Waals surface area (Å²) in [6.45, 7) is 7.74. The van der Waals surface area contributed by atoms with Gasteiger partial charge in [0.2, 0.25) is 5.79 Å². The Morgan fingerprint density at radius 1 is 1.15 bits per heavy atom. The maximum Gasteiger partial charge on any atom is 0.239 e. The summed E-state index contributed by atoms with van der Waals surface area (Å²) < 4.78 is 18.2. The van der Waals surface area contributed by atoms with Crippen molar-refractivity contribution in [2.24, 2.45) is 0 Å². The molecule has 3 atom stereocenters. The fourth-order valence-electron chi connectivity index (χ4n) is 3.37. The summed E-state index contributed by atoms with van der Waals surface area (Å²) in [6.07, 6.45) is 1.40. The molecule has 0 aromatic heterocycles. The number of benzene rings is 2. The molecule has 1 aliphatic heterocycles. The van der Waals surface area contributed by atoms with Gasteiger partial charge in [-0.05, 0) is 50.6 Å². The molecule has 0 bridgehead atoms. The molecular formula is C22H28O4. The number of fused-ring (bicyclic) bond motifs is 1. The van der Waals surface area contributed by atoms with Crippen LogP contribution in [0, 0.1) is 0 Å². The zero-order valence-electron chi connectivity index (χ0n) is 16.2. The van der Waals surface area contributed by atoms with Crippen molar-refractivity contribution in [2.75, 3.05) is 7.11 Å². The number of ether oxygens (including phenoxy) is 3. The summed E-state index contributed by atoms with van der Waals surface area (Å²) in [4.78, 5) is 0. The third-order valence-electron chi connectivity index (χ3n) is 4.54. The number of rotatable bonds is 4. The van der Waals surface area contributed by atoms with Crippen LogP contribution in [0.2, 0.25) is 0 Å². The van der Waals surface area contributed by atoms with Crippen LogP contribution in [-0.4, -0.2) is 30.0 Å². The first kappa shape index (κ1) is 18.9. The molecule has 4 nitrogen and oxygen atoms in total. The van der Waals surface area contributed by atoms with E-state index in [-0.39, 0.29) is 11.7 Å². The van der Waals surface area contributed by atoms with Crippen LogP contribution in [0.15, 0.2) is 54.3 Å². The molecule has 140 valence electrons. The van der Waals surface area contributed by atoms with Gasteiger partial charge in [-0.3, -0.25) is 0 Å². The van der Waals surface area contributed by atoms with Gasteiger partial charge in [-0.25, -0.2) is 0 Å². The maximum absolute atomic E-state index is 10.1. The number of methoxy groups -OCH3 is 1. The SMILES string of the molecule is CO[C@@]1(c2ccc3ccccc3c2)C[C@H](OC(C)(C)C)C=C(C(C)O)O1. The van der Waals surface area contributed by atoms with E-state index >= 15 is 0 Å². The van der Waals surface area contributed by atoms with E-state index in [4.69, 9.17) is 14.2 Å². The van der Waals surface area contributed by atoms with Crippen LogP contribution >= 0.6 is 0 Å². The van der Waals surface area contributed by atoms with Crippen LogP contribution < -0.4 is 0 Å². The smallest absolute Gasteiger partial charge is 0.239 e. The van der Waals surface area contributed by atoms with Crippen LogP contribution in [0.3, 0.4) is 0 Å². The highest BCUT2D eigenvalue weighted by Gasteiger charge is 2.43. The first-order chi connectivity index (χ1) is 12.2. The van der Waals surface area contributed by atoms with Gasteiger partial charge >= 0.3 is 0 Å². The van der Waals surface area contributed by atoms with Gasteiger partial charge in [-0.15, -0.1) is 0 Å². The molecule has 3 rings (SSSR count). The Labute approximate surface area is 155 Å². The summed E-state index contributed by atoms with van der Waals surface area (Å²) >= 11 is 0. The van der Waals surface area contributed by atoms with Crippen LogP contribution in [0.25, 0.3) is 10.8 Å². The standard InChI is InChI=1S/C22H28O4/c1-15(23)20-13-19(25-21(2,3)4)14-22(24-5,26-20)18-11-10-16-8-6-7-9-17(16)12-18/h6-13,15,19,23H,14H2,1-5H3/t15?,19-,22+/m1/s1. The highest BCUT2D eigenvalue weighted by molar-refractivity contribution is 5.83. The fraction of sp³-hybridized carbons (Fsp3) is 0.455. The fourth-order valence-corrected chi connectivity index (χ4v) is 3.37. The summed E-state index contributed by atoms with van der Waals surface area (Å²) in [7, 11) is 1.63. The van der Waals surface area contributed by atoms with Crippen LogP contribution in [-0.2, 0) is 20.0 Å². The molecule has 0 amide bonds. The molecule has 0 saturated heterocycles. The molecule has 0 saturated carbocycles. The first-order valence-electron chi connectivity index (χ1n) is 9.03. The van der Waals surface area contributed by atoms with E-state index in [1.807, 2.05) is 45.0 Å². The molecule has 2 aromatic carbocycles. The van der Waals surface area contributed by atoms with Gasteiger partial charge in [0.15, 0.2) is 0 Å².